The van der Waals surface area contributed by atoms with Gasteiger partial charge in [-0.05, 0) is 23.8 Å². The molecule has 0 aliphatic heterocycles. The summed E-state index contributed by atoms with van der Waals surface area (Å²) in [6.45, 7) is 4.06. The Morgan fingerprint density at radius 3 is 2.76 bits per heavy atom. The lowest BCUT2D eigenvalue weighted by Gasteiger charge is -2.05. The van der Waals surface area contributed by atoms with Crippen LogP contribution in [0.5, 0.6) is 0 Å². The summed E-state index contributed by atoms with van der Waals surface area (Å²) >= 11 is 0. The van der Waals surface area contributed by atoms with E-state index in [9.17, 15) is 8.42 Å². The molecule has 0 radical (unpaired) electrons. The van der Waals surface area contributed by atoms with Gasteiger partial charge in [-0.1, -0.05) is 13.8 Å². The number of furan rings is 1. The fourth-order valence-electron chi connectivity index (χ4n) is 2.53. The van der Waals surface area contributed by atoms with Gasteiger partial charge in [-0.25, -0.2) is 18.1 Å². The number of pyridine rings is 1. The molecule has 0 spiro atoms. The van der Waals surface area contributed by atoms with Crippen molar-refractivity contribution in [2.45, 2.75) is 31.3 Å². The second kappa shape index (κ2) is 6.81. The number of hydrogen-bond acceptors (Lipinski definition) is 5. The first kappa shape index (κ1) is 17.4. The van der Waals surface area contributed by atoms with Crippen molar-refractivity contribution >= 4 is 10.0 Å². The molecule has 3 aromatic heterocycles. The predicted molar refractivity (Wildman–Crippen MR) is 93.3 cm³/mol. The number of nitrogens with zero attached hydrogens (tertiary/aromatic N) is 3. The first-order valence-electron chi connectivity index (χ1n) is 7.87. The van der Waals surface area contributed by atoms with Gasteiger partial charge in [0, 0.05) is 43.7 Å². The van der Waals surface area contributed by atoms with Crippen LogP contribution < -0.4 is 4.72 Å². The van der Waals surface area contributed by atoms with Crippen molar-refractivity contribution in [2.24, 2.45) is 7.05 Å². The highest BCUT2D eigenvalue weighted by molar-refractivity contribution is 7.89. The van der Waals surface area contributed by atoms with Gasteiger partial charge in [0.05, 0.1) is 6.26 Å². The van der Waals surface area contributed by atoms with Crippen molar-refractivity contribution in [1.82, 2.24) is 19.3 Å². The van der Waals surface area contributed by atoms with Crippen molar-refractivity contribution < 1.29 is 12.8 Å². The molecule has 0 bridgehead atoms. The quantitative estimate of drug-likeness (QED) is 0.730. The summed E-state index contributed by atoms with van der Waals surface area (Å²) in [5.74, 6) is 1.55. The van der Waals surface area contributed by atoms with Gasteiger partial charge in [0.15, 0.2) is 5.03 Å². The summed E-state index contributed by atoms with van der Waals surface area (Å²) in [5, 5.41) is 0.0221. The highest BCUT2D eigenvalue weighted by Gasteiger charge is 2.20. The maximum Gasteiger partial charge on any atom is 0.259 e. The molecule has 0 aliphatic rings. The second-order valence-electron chi connectivity index (χ2n) is 6.09. The zero-order valence-corrected chi connectivity index (χ0v) is 15.1. The third kappa shape index (κ3) is 3.80. The molecule has 0 atom stereocenters. The number of aryl methyl sites for hydroxylation is 1. The van der Waals surface area contributed by atoms with E-state index in [1.165, 1.54) is 6.20 Å². The van der Waals surface area contributed by atoms with Crippen molar-refractivity contribution in [3.05, 3.63) is 54.4 Å². The SMILES string of the molecule is CC(C)c1nc(S(=O)(=O)NCc2cncc(-c3ccco3)c2)cn1C. The largest absolute Gasteiger partial charge is 0.464 e. The molecule has 3 rings (SSSR count). The Kier molecular flexibility index (Phi) is 4.73. The molecule has 3 heterocycles. The average Bonchev–Trinajstić information content (AvgIpc) is 3.23. The molecule has 8 heteroatoms. The molecule has 0 aromatic carbocycles. The Balaban J connectivity index is 1.77. The maximum absolute atomic E-state index is 12.5. The van der Waals surface area contributed by atoms with Crippen molar-refractivity contribution in [3.63, 3.8) is 0 Å². The Hall–Kier alpha value is -2.45. The van der Waals surface area contributed by atoms with Gasteiger partial charge in [-0.3, -0.25) is 4.98 Å². The highest BCUT2D eigenvalue weighted by atomic mass is 32.2. The summed E-state index contributed by atoms with van der Waals surface area (Å²) in [6, 6.07) is 5.46. The van der Waals surface area contributed by atoms with Crippen molar-refractivity contribution in [3.8, 4) is 11.3 Å². The van der Waals surface area contributed by atoms with Crippen LogP contribution in [0, 0.1) is 0 Å². The second-order valence-corrected chi connectivity index (χ2v) is 7.80. The van der Waals surface area contributed by atoms with E-state index in [0.29, 0.717) is 5.76 Å². The molecular weight excluding hydrogens is 340 g/mol. The minimum atomic E-state index is -3.69. The lowest BCUT2D eigenvalue weighted by atomic mass is 10.2. The topological polar surface area (TPSA) is 90.0 Å². The van der Waals surface area contributed by atoms with Crippen LogP contribution in [0.15, 0.2) is 52.5 Å². The average molecular weight is 360 g/mol. The van der Waals surface area contributed by atoms with E-state index in [1.54, 1.807) is 36.3 Å². The molecule has 3 aromatic rings. The number of nitrogens with one attached hydrogen (secondary N) is 1. The third-order valence-corrected chi connectivity index (χ3v) is 5.02. The van der Waals surface area contributed by atoms with E-state index in [4.69, 9.17) is 4.42 Å². The molecule has 1 N–H and O–H groups in total. The Labute approximate surface area is 146 Å². The van der Waals surface area contributed by atoms with Crippen LogP contribution >= 0.6 is 0 Å². The molecule has 0 unspecified atom stereocenters. The first-order valence-corrected chi connectivity index (χ1v) is 9.36. The van der Waals surface area contributed by atoms with Gasteiger partial charge in [-0.2, -0.15) is 0 Å². The van der Waals surface area contributed by atoms with Gasteiger partial charge in [0.2, 0.25) is 0 Å². The molecule has 0 saturated heterocycles. The van der Waals surface area contributed by atoms with Gasteiger partial charge >= 0.3 is 0 Å². The molecule has 0 fully saturated rings. The van der Waals surface area contributed by atoms with Crippen LogP contribution in [0.25, 0.3) is 11.3 Å². The first-order chi connectivity index (χ1) is 11.9. The number of sulfonamides is 1. The fraction of sp³-hybridized carbons (Fsp3) is 0.294. The Bertz CT molecular complexity index is 960. The monoisotopic (exact) mass is 360 g/mol. The number of hydrogen-bond donors (Lipinski definition) is 1. The zero-order chi connectivity index (χ0) is 18.0. The molecule has 25 heavy (non-hydrogen) atoms. The normalized spacial score (nSPS) is 12.0. The Morgan fingerprint density at radius 1 is 1.32 bits per heavy atom. The minimum absolute atomic E-state index is 0.0221. The lowest BCUT2D eigenvalue weighted by molar-refractivity contribution is 0.577. The van der Waals surface area contributed by atoms with Crippen molar-refractivity contribution in [2.75, 3.05) is 0 Å². The van der Waals surface area contributed by atoms with E-state index in [0.717, 1.165) is 17.0 Å². The molecule has 0 aliphatic carbocycles. The van der Waals surface area contributed by atoms with E-state index in [2.05, 4.69) is 14.7 Å². The van der Waals surface area contributed by atoms with E-state index in [-0.39, 0.29) is 17.5 Å². The van der Waals surface area contributed by atoms with Crippen LogP contribution in [0.3, 0.4) is 0 Å². The smallest absolute Gasteiger partial charge is 0.259 e. The lowest BCUT2D eigenvalue weighted by Crippen LogP contribution is -2.23. The van der Waals surface area contributed by atoms with Gasteiger partial charge in [0.1, 0.15) is 11.6 Å². The van der Waals surface area contributed by atoms with Gasteiger partial charge in [-0.15, -0.1) is 0 Å². The zero-order valence-electron chi connectivity index (χ0n) is 14.3. The van der Waals surface area contributed by atoms with Crippen molar-refractivity contribution in [1.29, 1.82) is 0 Å². The van der Waals surface area contributed by atoms with Gasteiger partial charge < -0.3 is 8.98 Å². The number of aromatic nitrogens is 3. The summed E-state index contributed by atoms with van der Waals surface area (Å²) in [7, 11) is -1.90. The van der Waals surface area contributed by atoms with Crippen LogP contribution in [-0.2, 0) is 23.6 Å². The van der Waals surface area contributed by atoms with E-state index in [1.807, 2.05) is 26.0 Å². The highest BCUT2D eigenvalue weighted by Crippen LogP contribution is 2.20. The van der Waals surface area contributed by atoms with Crippen LogP contribution in [-0.4, -0.2) is 23.0 Å². The third-order valence-electron chi connectivity index (χ3n) is 3.75. The summed E-state index contributed by atoms with van der Waals surface area (Å²) in [4.78, 5) is 8.37. The molecular formula is C17H20N4O3S. The molecule has 132 valence electrons. The minimum Gasteiger partial charge on any atom is -0.464 e. The molecule has 0 saturated carbocycles. The van der Waals surface area contributed by atoms with E-state index >= 15 is 0 Å². The van der Waals surface area contributed by atoms with Crippen LogP contribution in [0.1, 0.15) is 31.2 Å². The van der Waals surface area contributed by atoms with Gasteiger partial charge in [0.25, 0.3) is 10.0 Å². The fourth-order valence-corrected chi connectivity index (χ4v) is 3.55. The number of imidazole rings is 1. The summed E-state index contributed by atoms with van der Waals surface area (Å²) in [6.07, 6.45) is 6.39. The summed E-state index contributed by atoms with van der Waals surface area (Å²) in [5.41, 5.74) is 1.53. The predicted octanol–water partition coefficient (Wildman–Crippen LogP) is 2.68. The van der Waals surface area contributed by atoms with Crippen LogP contribution in [0.4, 0.5) is 0 Å². The molecule has 0 amide bonds. The molecule has 7 nitrogen and oxygen atoms in total. The standard InChI is InChI=1S/C17H20N4O3S/c1-12(2)17-20-16(11-21(17)3)25(22,23)19-9-13-7-14(10-18-8-13)15-5-4-6-24-15/h4-8,10-12,19H,9H2,1-3H3. The summed E-state index contributed by atoms with van der Waals surface area (Å²) < 4.78 is 34.6. The van der Waals surface area contributed by atoms with E-state index < -0.39 is 10.0 Å². The Morgan fingerprint density at radius 2 is 2.12 bits per heavy atom. The maximum atomic E-state index is 12.5. The number of rotatable bonds is 6. The van der Waals surface area contributed by atoms with Crippen LogP contribution in [0.2, 0.25) is 0 Å².